The lowest BCUT2D eigenvalue weighted by atomic mass is 10.1. The van der Waals surface area contributed by atoms with E-state index in [1.54, 1.807) is 35.8 Å². The van der Waals surface area contributed by atoms with E-state index in [-0.39, 0.29) is 43.7 Å². The van der Waals surface area contributed by atoms with Gasteiger partial charge in [-0.3, -0.25) is 9.59 Å². The smallest absolute Gasteiger partial charge is 0.325 e. The van der Waals surface area contributed by atoms with Crippen molar-refractivity contribution in [1.82, 2.24) is 4.90 Å². The molecule has 0 spiro atoms. The number of hydrogen-bond donors (Lipinski definition) is 2. The SMILES string of the molecule is CC(C)OC(=O)CN1Cc2ccc(OCC(=O)N(CCCO)c3ccccc3)cc2N=C1N. The first-order valence-corrected chi connectivity index (χ1v) is 10.9. The van der Waals surface area contributed by atoms with Crippen LogP contribution in [0.5, 0.6) is 5.75 Å². The number of fused-ring (bicyclic) bond motifs is 1. The van der Waals surface area contributed by atoms with Gasteiger partial charge in [-0.1, -0.05) is 24.3 Å². The molecule has 0 saturated heterocycles. The van der Waals surface area contributed by atoms with Gasteiger partial charge in [-0.2, -0.15) is 0 Å². The highest BCUT2D eigenvalue weighted by molar-refractivity contribution is 5.94. The number of nitrogens with two attached hydrogens (primary N) is 1. The minimum absolute atomic E-state index is 0.00602. The third-order valence-corrected chi connectivity index (χ3v) is 4.94. The predicted octanol–water partition coefficient (Wildman–Crippen LogP) is 2.19. The zero-order chi connectivity index (χ0) is 23.8. The van der Waals surface area contributed by atoms with Gasteiger partial charge in [0.25, 0.3) is 5.91 Å². The average Bonchev–Trinajstić information content (AvgIpc) is 2.78. The molecule has 3 rings (SSSR count). The van der Waals surface area contributed by atoms with Gasteiger partial charge in [0.15, 0.2) is 12.6 Å². The number of ether oxygens (including phenoxy) is 2. The summed E-state index contributed by atoms with van der Waals surface area (Å²) in [5.74, 6) is 0.122. The van der Waals surface area contributed by atoms with Crippen molar-refractivity contribution in [3.05, 3.63) is 54.1 Å². The van der Waals surface area contributed by atoms with Crippen molar-refractivity contribution >= 4 is 29.2 Å². The summed E-state index contributed by atoms with van der Waals surface area (Å²) in [4.78, 5) is 32.4. The van der Waals surface area contributed by atoms with Gasteiger partial charge in [-0.25, -0.2) is 4.99 Å². The molecule has 0 saturated carbocycles. The molecule has 0 radical (unpaired) electrons. The van der Waals surface area contributed by atoms with E-state index in [0.29, 0.717) is 30.9 Å². The lowest BCUT2D eigenvalue weighted by Crippen LogP contribution is -2.42. The summed E-state index contributed by atoms with van der Waals surface area (Å²) in [6.45, 7) is 4.24. The third kappa shape index (κ3) is 6.69. The number of amides is 1. The third-order valence-electron chi connectivity index (χ3n) is 4.94. The van der Waals surface area contributed by atoms with Crippen LogP contribution in [-0.2, 0) is 20.9 Å². The van der Waals surface area contributed by atoms with Crippen LogP contribution in [0.4, 0.5) is 11.4 Å². The van der Waals surface area contributed by atoms with Crippen molar-refractivity contribution in [2.45, 2.75) is 32.9 Å². The molecular weight excluding hydrogens is 424 g/mol. The second-order valence-corrected chi connectivity index (χ2v) is 7.90. The fourth-order valence-corrected chi connectivity index (χ4v) is 3.40. The molecule has 176 valence electrons. The molecule has 0 aliphatic carbocycles. The minimum atomic E-state index is -0.366. The zero-order valence-corrected chi connectivity index (χ0v) is 18.9. The molecule has 1 heterocycles. The van der Waals surface area contributed by atoms with Crippen LogP contribution in [0.3, 0.4) is 0 Å². The molecule has 9 heteroatoms. The normalized spacial score (nSPS) is 12.7. The molecule has 1 amide bonds. The number of nitrogens with zero attached hydrogens (tertiary/aromatic N) is 3. The lowest BCUT2D eigenvalue weighted by molar-refractivity contribution is -0.147. The topological polar surface area (TPSA) is 118 Å². The van der Waals surface area contributed by atoms with Gasteiger partial charge >= 0.3 is 5.97 Å². The predicted molar refractivity (Wildman–Crippen MR) is 125 cm³/mol. The van der Waals surface area contributed by atoms with Crippen LogP contribution in [-0.4, -0.2) is 60.2 Å². The highest BCUT2D eigenvalue weighted by Gasteiger charge is 2.22. The van der Waals surface area contributed by atoms with E-state index in [1.165, 1.54) is 0 Å². The van der Waals surface area contributed by atoms with E-state index in [0.717, 1.165) is 11.3 Å². The maximum Gasteiger partial charge on any atom is 0.325 e. The Balaban J connectivity index is 1.64. The van der Waals surface area contributed by atoms with Crippen LogP contribution < -0.4 is 15.4 Å². The highest BCUT2D eigenvalue weighted by atomic mass is 16.5. The van der Waals surface area contributed by atoms with Crippen LogP contribution in [0.25, 0.3) is 0 Å². The summed E-state index contributed by atoms with van der Waals surface area (Å²) in [6, 6.07) is 14.6. The van der Waals surface area contributed by atoms with Gasteiger partial charge in [0.2, 0.25) is 0 Å². The van der Waals surface area contributed by atoms with Crippen LogP contribution >= 0.6 is 0 Å². The molecular formula is C24H30N4O5. The van der Waals surface area contributed by atoms with Crippen LogP contribution in [0.2, 0.25) is 0 Å². The number of benzene rings is 2. The van der Waals surface area contributed by atoms with Crippen molar-refractivity contribution < 1.29 is 24.2 Å². The summed E-state index contributed by atoms with van der Waals surface area (Å²) in [7, 11) is 0. The Morgan fingerprint density at radius 3 is 2.67 bits per heavy atom. The summed E-state index contributed by atoms with van der Waals surface area (Å²) in [5, 5.41) is 9.17. The number of esters is 1. The number of aliphatic imine (C=N–C) groups is 1. The number of anilines is 1. The number of hydrogen-bond acceptors (Lipinski definition) is 8. The van der Waals surface area contributed by atoms with Crippen molar-refractivity contribution in [2.24, 2.45) is 10.7 Å². The second-order valence-electron chi connectivity index (χ2n) is 7.90. The molecule has 1 aliphatic heterocycles. The quantitative estimate of drug-likeness (QED) is 0.529. The summed E-state index contributed by atoms with van der Waals surface area (Å²) >= 11 is 0. The number of aliphatic hydroxyl groups is 1. The Kier molecular flexibility index (Phi) is 8.26. The summed E-state index contributed by atoms with van der Waals surface area (Å²) in [5.41, 5.74) is 8.30. The van der Waals surface area contributed by atoms with Crippen molar-refractivity contribution in [3.8, 4) is 5.75 Å². The minimum Gasteiger partial charge on any atom is -0.484 e. The average molecular weight is 455 g/mol. The van der Waals surface area contributed by atoms with Crippen LogP contribution in [0.15, 0.2) is 53.5 Å². The Morgan fingerprint density at radius 2 is 1.97 bits per heavy atom. The Labute approximate surface area is 193 Å². The Bertz CT molecular complexity index is 994. The first kappa shape index (κ1) is 24.1. The molecule has 1 aliphatic rings. The number of carbonyl (C=O) groups excluding carboxylic acids is 2. The second kappa shape index (κ2) is 11.3. The molecule has 33 heavy (non-hydrogen) atoms. The van der Waals surface area contributed by atoms with Crippen molar-refractivity contribution in [1.29, 1.82) is 0 Å². The zero-order valence-electron chi connectivity index (χ0n) is 18.9. The van der Waals surface area contributed by atoms with E-state index in [1.807, 2.05) is 36.4 Å². The molecule has 0 unspecified atom stereocenters. The Morgan fingerprint density at radius 1 is 1.21 bits per heavy atom. The molecule has 0 fully saturated rings. The van der Waals surface area contributed by atoms with Gasteiger partial charge in [-0.15, -0.1) is 0 Å². The van der Waals surface area contributed by atoms with E-state index < -0.39 is 0 Å². The number of guanidine groups is 1. The largest absolute Gasteiger partial charge is 0.484 e. The maximum atomic E-state index is 12.8. The van der Waals surface area contributed by atoms with Gasteiger partial charge in [0.1, 0.15) is 12.3 Å². The maximum absolute atomic E-state index is 12.8. The lowest BCUT2D eigenvalue weighted by Gasteiger charge is -2.27. The van der Waals surface area contributed by atoms with E-state index >= 15 is 0 Å². The van der Waals surface area contributed by atoms with E-state index in [9.17, 15) is 9.59 Å². The standard InChI is InChI=1S/C24H30N4O5/c1-17(2)33-23(31)15-27-14-18-9-10-20(13-21(18)26-24(27)25)32-16-22(30)28(11-6-12-29)19-7-4-3-5-8-19/h3-5,7-10,13,17,29H,6,11-12,14-16H2,1-2H3,(H2,25,26). The fraction of sp³-hybridized carbons (Fsp3) is 0.375. The summed E-state index contributed by atoms with van der Waals surface area (Å²) in [6.07, 6.45) is 0.269. The molecule has 3 N–H and O–H groups in total. The molecule has 9 nitrogen and oxygen atoms in total. The van der Waals surface area contributed by atoms with Crippen LogP contribution in [0.1, 0.15) is 25.8 Å². The number of aliphatic hydroxyl groups excluding tert-OH is 1. The van der Waals surface area contributed by atoms with Gasteiger partial charge < -0.3 is 30.1 Å². The van der Waals surface area contributed by atoms with E-state index in [2.05, 4.69) is 4.99 Å². The highest BCUT2D eigenvalue weighted by Crippen LogP contribution is 2.29. The molecule has 2 aromatic rings. The first-order chi connectivity index (χ1) is 15.9. The monoisotopic (exact) mass is 454 g/mol. The summed E-state index contributed by atoms with van der Waals surface area (Å²) < 4.78 is 10.9. The first-order valence-electron chi connectivity index (χ1n) is 10.9. The number of carbonyl (C=O) groups is 2. The van der Waals surface area contributed by atoms with Crippen molar-refractivity contribution in [3.63, 3.8) is 0 Å². The Hall–Kier alpha value is -3.59. The fourth-order valence-electron chi connectivity index (χ4n) is 3.40. The van der Waals surface area contributed by atoms with E-state index in [4.69, 9.17) is 20.3 Å². The van der Waals surface area contributed by atoms with Gasteiger partial charge in [0, 0.05) is 31.5 Å². The molecule has 0 bridgehead atoms. The van der Waals surface area contributed by atoms with Gasteiger partial charge in [0.05, 0.1) is 11.8 Å². The van der Waals surface area contributed by atoms with Crippen LogP contribution in [0, 0.1) is 0 Å². The number of para-hydroxylation sites is 1. The number of rotatable bonds is 10. The molecule has 2 aromatic carbocycles. The van der Waals surface area contributed by atoms with Gasteiger partial charge in [-0.05, 0) is 44.0 Å². The molecule has 0 atom stereocenters. The van der Waals surface area contributed by atoms with Crippen molar-refractivity contribution in [2.75, 3.05) is 31.2 Å². The molecule has 0 aromatic heterocycles.